The second-order valence-electron chi connectivity index (χ2n) is 6.03. The summed E-state index contributed by atoms with van der Waals surface area (Å²) in [5, 5.41) is 5.75. The van der Waals surface area contributed by atoms with Gasteiger partial charge in [-0.15, -0.1) is 0 Å². The zero-order valence-electron chi connectivity index (χ0n) is 14.6. The van der Waals surface area contributed by atoms with E-state index in [1.807, 2.05) is 19.0 Å². The van der Waals surface area contributed by atoms with Crippen molar-refractivity contribution in [3.63, 3.8) is 0 Å². The van der Waals surface area contributed by atoms with Crippen LogP contribution in [-0.2, 0) is 4.79 Å². The number of hydrogen-bond donors (Lipinski definition) is 2. The molecule has 26 heavy (non-hydrogen) atoms. The first-order valence-corrected chi connectivity index (χ1v) is 8.47. The van der Waals surface area contributed by atoms with Crippen LogP contribution in [0.5, 0.6) is 0 Å². The van der Waals surface area contributed by atoms with E-state index in [1.54, 1.807) is 30.3 Å². The molecule has 2 aromatic carbocycles. The monoisotopic (exact) mass is 377 g/mol. The smallest absolute Gasteiger partial charge is 0.251 e. The summed E-state index contributed by atoms with van der Waals surface area (Å²) in [6.45, 7) is 0.136. The Hall–Kier alpha value is -2.44. The number of carbonyl (C=O) groups excluding carboxylic acids is 2. The average Bonchev–Trinajstić information content (AvgIpc) is 2.59. The van der Waals surface area contributed by atoms with E-state index in [0.29, 0.717) is 17.1 Å². The molecule has 0 spiro atoms. The third-order valence-corrected chi connectivity index (χ3v) is 4.08. The summed E-state index contributed by atoms with van der Waals surface area (Å²) in [7, 11) is 3.70. The summed E-state index contributed by atoms with van der Waals surface area (Å²) in [5.74, 6) is -1.03. The second kappa shape index (κ2) is 9.31. The number of amides is 2. The van der Waals surface area contributed by atoms with Crippen molar-refractivity contribution in [3.05, 3.63) is 70.5 Å². The minimum absolute atomic E-state index is 0.158. The van der Waals surface area contributed by atoms with Gasteiger partial charge in [0.15, 0.2) is 0 Å². The van der Waals surface area contributed by atoms with E-state index < -0.39 is 0 Å². The second-order valence-corrected chi connectivity index (χ2v) is 6.47. The average molecular weight is 378 g/mol. The fraction of sp³-hybridized carbons (Fsp3) is 0.263. The molecule has 1 unspecified atom stereocenters. The molecule has 0 aliphatic heterocycles. The summed E-state index contributed by atoms with van der Waals surface area (Å²) >= 11 is 5.84. The predicted octanol–water partition coefficient (Wildman–Crippen LogP) is 2.63. The Morgan fingerprint density at radius 3 is 2.50 bits per heavy atom. The van der Waals surface area contributed by atoms with E-state index in [0.717, 1.165) is 5.56 Å². The van der Waals surface area contributed by atoms with Gasteiger partial charge in [0.1, 0.15) is 5.82 Å². The van der Waals surface area contributed by atoms with Crippen LogP contribution in [0.15, 0.2) is 48.5 Å². The molecule has 0 heterocycles. The fourth-order valence-electron chi connectivity index (χ4n) is 2.48. The van der Waals surface area contributed by atoms with Gasteiger partial charge >= 0.3 is 0 Å². The van der Waals surface area contributed by atoms with Crippen molar-refractivity contribution in [1.82, 2.24) is 15.5 Å². The molecule has 0 saturated heterocycles. The van der Waals surface area contributed by atoms with Gasteiger partial charge in [0.25, 0.3) is 5.91 Å². The number of likely N-dealkylation sites (N-methyl/N-ethyl adjacent to an activating group) is 1. The van der Waals surface area contributed by atoms with Gasteiger partial charge in [-0.05, 0) is 50.0 Å². The highest BCUT2D eigenvalue weighted by molar-refractivity contribution is 6.30. The minimum Gasteiger partial charge on any atom is -0.353 e. The molecule has 5 nitrogen and oxygen atoms in total. The molecule has 0 aliphatic rings. The Morgan fingerprint density at radius 2 is 1.85 bits per heavy atom. The SMILES string of the molecule is CN(C)C(CNC(=O)CNC(=O)c1cccc(Cl)c1)c1cccc(F)c1. The highest BCUT2D eigenvalue weighted by Gasteiger charge is 2.16. The van der Waals surface area contributed by atoms with E-state index in [-0.39, 0.29) is 30.2 Å². The Balaban J connectivity index is 1.87. The van der Waals surface area contributed by atoms with Crippen LogP contribution in [0.2, 0.25) is 5.02 Å². The van der Waals surface area contributed by atoms with Gasteiger partial charge in [-0.25, -0.2) is 4.39 Å². The van der Waals surface area contributed by atoms with Crippen molar-refractivity contribution in [1.29, 1.82) is 0 Å². The number of nitrogens with one attached hydrogen (secondary N) is 2. The summed E-state index contributed by atoms with van der Waals surface area (Å²) in [5.41, 5.74) is 1.15. The zero-order chi connectivity index (χ0) is 19.1. The third kappa shape index (κ3) is 5.82. The summed E-state index contributed by atoms with van der Waals surface area (Å²) in [6.07, 6.45) is 0. The Labute approximate surface area is 157 Å². The van der Waals surface area contributed by atoms with Crippen molar-refractivity contribution in [2.75, 3.05) is 27.2 Å². The number of nitrogens with zero attached hydrogens (tertiary/aromatic N) is 1. The summed E-state index contributed by atoms with van der Waals surface area (Å²) in [4.78, 5) is 25.9. The molecule has 2 aromatic rings. The maximum absolute atomic E-state index is 13.4. The van der Waals surface area contributed by atoms with E-state index in [1.165, 1.54) is 18.2 Å². The van der Waals surface area contributed by atoms with Gasteiger partial charge < -0.3 is 15.5 Å². The quantitative estimate of drug-likeness (QED) is 0.779. The van der Waals surface area contributed by atoms with Crippen LogP contribution in [0.25, 0.3) is 0 Å². The van der Waals surface area contributed by atoms with Crippen LogP contribution in [-0.4, -0.2) is 43.9 Å². The molecule has 0 aromatic heterocycles. The molecule has 1 atom stereocenters. The molecule has 0 aliphatic carbocycles. The molecule has 0 bridgehead atoms. The molecule has 2 amide bonds. The van der Waals surface area contributed by atoms with Crippen LogP contribution < -0.4 is 10.6 Å². The molecular weight excluding hydrogens is 357 g/mol. The molecular formula is C19H21ClFN3O2. The number of rotatable bonds is 7. The fourth-order valence-corrected chi connectivity index (χ4v) is 2.67. The lowest BCUT2D eigenvalue weighted by molar-refractivity contribution is -0.120. The first-order chi connectivity index (χ1) is 12.4. The van der Waals surface area contributed by atoms with Gasteiger partial charge in [-0.3, -0.25) is 9.59 Å². The van der Waals surface area contributed by atoms with Gasteiger partial charge in [-0.1, -0.05) is 29.8 Å². The van der Waals surface area contributed by atoms with Crippen molar-refractivity contribution in [2.45, 2.75) is 6.04 Å². The van der Waals surface area contributed by atoms with Crippen LogP contribution >= 0.6 is 11.6 Å². The van der Waals surface area contributed by atoms with Crippen molar-refractivity contribution in [2.24, 2.45) is 0 Å². The normalized spacial score (nSPS) is 11.9. The van der Waals surface area contributed by atoms with Crippen molar-refractivity contribution >= 4 is 23.4 Å². The Kier molecular flexibility index (Phi) is 7.12. The molecule has 138 valence electrons. The lowest BCUT2D eigenvalue weighted by atomic mass is 10.1. The number of halogens is 2. The molecule has 0 fully saturated rings. The Morgan fingerprint density at radius 1 is 1.12 bits per heavy atom. The maximum atomic E-state index is 13.4. The highest BCUT2D eigenvalue weighted by Crippen LogP contribution is 2.18. The van der Waals surface area contributed by atoms with E-state index in [4.69, 9.17) is 11.6 Å². The van der Waals surface area contributed by atoms with Crippen molar-refractivity contribution < 1.29 is 14.0 Å². The van der Waals surface area contributed by atoms with Gasteiger partial charge in [-0.2, -0.15) is 0 Å². The summed E-state index contributed by atoms with van der Waals surface area (Å²) < 4.78 is 13.4. The predicted molar refractivity (Wildman–Crippen MR) is 99.6 cm³/mol. The largest absolute Gasteiger partial charge is 0.353 e. The van der Waals surface area contributed by atoms with E-state index in [2.05, 4.69) is 10.6 Å². The van der Waals surface area contributed by atoms with Crippen LogP contribution in [0.4, 0.5) is 4.39 Å². The van der Waals surface area contributed by atoms with Gasteiger partial charge in [0.05, 0.1) is 12.6 Å². The highest BCUT2D eigenvalue weighted by atomic mass is 35.5. The first kappa shape index (κ1) is 19.9. The lowest BCUT2D eigenvalue weighted by Crippen LogP contribution is -2.40. The van der Waals surface area contributed by atoms with Gasteiger partial charge in [0.2, 0.25) is 5.91 Å². The molecule has 0 radical (unpaired) electrons. The van der Waals surface area contributed by atoms with E-state index in [9.17, 15) is 14.0 Å². The molecule has 2 rings (SSSR count). The topological polar surface area (TPSA) is 61.4 Å². The summed E-state index contributed by atoms with van der Waals surface area (Å²) in [6, 6.07) is 12.5. The van der Waals surface area contributed by atoms with E-state index >= 15 is 0 Å². The van der Waals surface area contributed by atoms with Crippen LogP contribution in [0.3, 0.4) is 0 Å². The molecule has 7 heteroatoms. The van der Waals surface area contributed by atoms with Crippen LogP contribution in [0, 0.1) is 5.82 Å². The van der Waals surface area contributed by atoms with Crippen LogP contribution in [0.1, 0.15) is 22.0 Å². The first-order valence-electron chi connectivity index (χ1n) is 8.09. The third-order valence-electron chi connectivity index (χ3n) is 3.85. The number of hydrogen-bond acceptors (Lipinski definition) is 3. The van der Waals surface area contributed by atoms with Gasteiger partial charge in [0, 0.05) is 17.1 Å². The lowest BCUT2D eigenvalue weighted by Gasteiger charge is -2.25. The standard InChI is InChI=1S/C19H21ClFN3O2/c1-24(2)17(13-5-4-8-16(21)10-13)11-22-18(25)12-23-19(26)14-6-3-7-15(20)9-14/h3-10,17H,11-12H2,1-2H3,(H,22,25)(H,23,26). The number of benzene rings is 2. The molecule has 0 saturated carbocycles. The maximum Gasteiger partial charge on any atom is 0.251 e. The number of carbonyl (C=O) groups is 2. The Bertz CT molecular complexity index is 783. The van der Waals surface area contributed by atoms with Crippen molar-refractivity contribution in [3.8, 4) is 0 Å². The zero-order valence-corrected chi connectivity index (χ0v) is 15.4. The molecule has 2 N–H and O–H groups in total. The minimum atomic E-state index is -0.378.